The highest BCUT2D eigenvalue weighted by Gasteiger charge is 2.11. The van der Waals surface area contributed by atoms with Gasteiger partial charge in [-0.1, -0.05) is 12.1 Å². The maximum absolute atomic E-state index is 5.37. The van der Waals surface area contributed by atoms with Crippen molar-refractivity contribution in [1.29, 1.82) is 0 Å². The highest BCUT2D eigenvalue weighted by molar-refractivity contribution is 5.97. The number of ether oxygens (including phenoxy) is 2. The van der Waals surface area contributed by atoms with Crippen LogP contribution in [-0.2, 0) is 0 Å². The van der Waals surface area contributed by atoms with E-state index in [9.17, 15) is 0 Å². The normalized spacial score (nSPS) is 10.7. The van der Waals surface area contributed by atoms with Crippen molar-refractivity contribution >= 4 is 22.4 Å². The van der Waals surface area contributed by atoms with Crippen LogP contribution in [0.25, 0.3) is 22.0 Å². The molecule has 26 heavy (non-hydrogen) atoms. The zero-order chi connectivity index (χ0) is 17.9. The number of pyridine rings is 1. The average Bonchev–Trinajstić information content (AvgIpc) is 3.20. The van der Waals surface area contributed by atoms with Crippen LogP contribution in [-0.4, -0.2) is 29.4 Å². The van der Waals surface area contributed by atoms with E-state index in [1.54, 1.807) is 20.4 Å². The molecule has 6 heteroatoms. The highest BCUT2D eigenvalue weighted by atomic mass is 16.5. The number of benzene rings is 2. The molecular weight excluding hydrogens is 328 g/mol. The molecule has 6 nitrogen and oxygen atoms in total. The number of hydrogen-bond acceptors (Lipinski definition) is 5. The fraction of sp³-hybridized carbons (Fsp3) is 0.100. The molecule has 0 aliphatic heterocycles. The van der Waals surface area contributed by atoms with Crippen LogP contribution in [0, 0.1) is 0 Å². The van der Waals surface area contributed by atoms with Gasteiger partial charge < -0.3 is 14.8 Å². The molecule has 2 aromatic heterocycles. The smallest absolute Gasteiger partial charge is 0.132 e. The summed E-state index contributed by atoms with van der Waals surface area (Å²) in [5, 5.41) is 12.2. The van der Waals surface area contributed by atoms with Gasteiger partial charge in [0.25, 0.3) is 0 Å². The van der Waals surface area contributed by atoms with E-state index < -0.39 is 0 Å². The molecule has 2 heterocycles. The standard InChI is InChI=1S/C20H18N4O2/c1-25-15-5-3-4-13(10-15)20-17-7-6-16(26-2)11-14(17)12-19(23-20)22-18-8-9-21-24-18/h3-12H,1-2H3,(H2,21,22,23,24). The number of anilines is 2. The van der Waals surface area contributed by atoms with Gasteiger partial charge in [0.15, 0.2) is 0 Å². The second-order valence-corrected chi connectivity index (χ2v) is 5.77. The van der Waals surface area contributed by atoms with E-state index in [1.807, 2.05) is 54.6 Å². The lowest BCUT2D eigenvalue weighted by Crippen LogP contribution is -1.97. The fourth-order valence-corrected chi connectivity index (χ4v) is 2.88. The number of aromatic nitrogens is 3. The van der Waals surface area contributed by atoms with Crippen LogP contribution < -0.4 is 14.8 Å². The Labute approximate surface area is 150 Å². The molecule has 0 bridgehead atoms. The van der Waals surface area contributed by atoms with Crippen LogP contribution in [0.4, 0.5) is 11.6 Å². The predicted molar refractivity (Wildman–Crippen MR) is 102 cm³/mol. The van der Waals surface area contributed by atoms with Crippen molar-refractivity contribution in [1.82, 2.24) is 15.2 Å². The molecule has 2 N–H and O–H groups in total. The largest absolute Gasteiger partial charge is 0.497 e. The molecule has 130 valence electrons. The molecule has 0 amide bonds. The van der Waals surface area contributed by atoms with Gasteiger partial charge in [0.05, 0.1) is 26.1 Å². The number of methoxy groups -OCH3 is 2. The molecule has 0 fully saturated rings. The lowest BCUT2D eigenvalue weighted by Gasteiger charge is -2.12. The second-order valence-electron chi connectivity index (χ2n) is 5.77. The van der Waals surface area contributed by atoms with E-state index in [0.717, 1.165) is 39.3 Å². The minimum absolute atomic E-state index is 0.716. The number of rotatable bonds is 5. The first-order valence-corrected chi connectivity index (χ1v) is 8.16. The van der Waals surface area contributed by atoms with Crippen molar-refractivity contribution in [3.8, 4) is 22.8 Å². The van der Waals surface area contributed by atoms with Gasteiger partial charge in [-0.3, -0.25) is 5.10 Å². The molecule has 4 aromatic rings. The fourth-order valence-electron chi connectivity index (χ4n) is 2.88. The lowest BCUT2D eigenvalue weighted by atomic mass is 10.0. The Morgan fingerprint density at radius 1 is 0.923 bits per heavy atom. The van der Waals surface area contributed by atoms with Crippen LogP contribution in [0.15, 0.2) is 60.8 Å². The summed E-state index contributed by atoms with van der Waals surface area (Å²) in [6.07, 6.45) is 1.69. The third-order valence-electron chi connectivity index (χ3n) is 4.14. The monoisotopic (exact) mass is 346 g/mol. The molecule has 0 saturated carbocycles. The number of hydrogen-bond donors (Lipinski definition) is 2. The van der Waals surface area contributed by atoms with E-state index in [1.165, 1.54) is 0 Å². The number of aromatic amines is 1. The van der Waals surface area contributed by atoms with Gasteiger partial charge in [-0.15, -0.1) is 0 Å². The van der Waals surface area contributed by atoms with Crippen LogP contribution >= 0.6 is 0 Å². The Morgan fingerprint density at radius 3 is 2.54 bits per heavy atom. The van der Waals surface area contributed by atoms with Crippen molar-refractivity contribution < 1.29 is 9.47 Å². The van der Waals surface area contributed by atoms with Gasteiger partial charge in [0.1, 0.15) is 23.1 Å². The number of nitrogens with zero attached hydrogens (tertiary/aromatic N) is 2. The maximum Gasteiger partial charge on any atom is 0.132 e. The first-order valence-electron chi connectivity index (χ1n) is 8.16. The molecule has 0 saturated heterocycles. The Morgan fingerprint density at radius 2 is 1.77 bits per heavy atom. The van der Waals surface area contributed by atoms with E-state index in [4.69, 9.17) is 14.5 Å². The molecular formula is C20H18N4O2. The summed E-state index contributed by atoms with van der Waals surface area (Å²) in [5.74, 6) is 3.08. The van der Waals surface area contributed by atoms with Crippen LogP contribution in [0.1, 0.15) is 0 Å². The van der Waals surface area contributed by atoms with Crippen molar-refractivity contribution in [2.75, 3.05) is 19.5 Å². The molecule has 0 spiro atoms. The Kier molecular flexibility index (Phi) is 4.15. The van der Waals surface area contributed by atoms with Crippen LogP contribution in [0.5, 0.6) is 11.5 Å². The summed E-state index contributed by atoms with van der Waals surface area (Å²) in [7, 11) is 3.32. The Balaban J connectivity index is 1.90. The minimum Gasteiger partial charge on any atom is -0.497 e. The summed E-state index contributed by atoms with van der Waals surface area (Å²) in [4.78, 5) is 4.82. The number of H-pyrrole nitrogens is 1. The van der Waals surface area contributed by atoms with Crippen LogP contribution in [0.2, 0.25) is 0 Å². The molecule has 2 aromatic carbocycles. The average molecular weight is 346 g/mol. The molecule has 0 aliphatic rings. The predicted octanol–water partition coefficient (Wildman–Crippen LogP) is 4.39. The van der Waals surface area contributed by atoms with Gasteiger partial charge in [-0.2, -0.15) is 5.10 Å². The van der Waals surface area contributed by atoms with Crippen molar-refractivity contribution in [2.45, 2.75) is 0 Å². The maximum atomic E-state index is 5.37. The Hall–Kier alpha value is -3.54. The molecule has 0 radical (unpaired) electrons. The van der Waals surface area contributed by atoms with Gasteiger partial charge >= 0.3 is 0 Å². The first-order chi connectivity index (χ1) is 12.8. The Bertz CT molecular complexity index is 1050. The number of fused-ring (bicyclic) bond motifs is 1. The summed E-state index contributed by atoms with van der Waals surface area (Å²) in [5.41, 5.74) is 1.85. The highest BCUT2D eigenvalue weighted by Crippen LogP contribution is 2.33. The SMILES string of the molecule is COc1cccc(-c2nc(Nc3ccn[nH]3)cc3cc(OC)ccc23)c1. The molecule has 0 unspecified atom stereocenters. The minimum atomic E-state index is 0.716. The molecule has 0 atom stereocenters. The zero-order valence-corrected chi connectivity index (χ0v) is 14.5. The topological polar surface area (TPSA) is 72.1 Å². The van der Waals surface area contributed by atoms with Crippen molar-refractivity contribution in [3.63, 3.8) is 0 Å². The number of nitrogens with one attached hydrogen (secondary N) is 2. The van der Waals surface area contributed by atoms with Gasteiger partial charge in [-0.25, -0.2) is 4.98 Å². The second kappa shape index (κ2) is 6.76. The van der Waals surface area contributed by atoms with Crippen molar-refractivity contribution in [2.24, 2.45) is 0 Å². The van der Waals surface area contributed by atoms with E-state index >= 15 is 0 Å². The van der Waals surface area contributed by atoms with Gasteiger partial charge in [-0.05, 0) is 41.8 Å². The van der Waals surface area contributed by atoms with E-state index in [-0.39, 0.29) is 0 Å². The van der Waals surface area contributed by atoms with E-state index in [2.05, 4.69) is 15.5 Å². The van der Waals surface area contributed by atoms with E-state index in [0.29, 0.717) is 5.82 Å². The lowest BCUT2D eigenvalue weighted by molar-refractivity contribution is 0.415. The summed E-state index contributed by atoms with van der Waals surface area (Å²) >= 11 is 0. The third kappa shape index (κ3) is 3.04. The summed E-state index contributed by atoms with van der Waals surface area (Å²) in [6.45, 7) is 0. The summed E-state index contributed by atoms with van der Waals surface area (Å²) < 4.78 is 10.7. The molecule has 4 rings (SSSR count). The summed E-state index contributed by atoms with van der Waals surface area (Å²) in [6, 6.07) is 17.7. The first kappa shape index (κ1) is 16.0. The molecule has 0 aliphatic carbocycles. The third-order valence-corrected chi connectivity index (χ3v) is 4.14. The van der Waals surface area contributed by atoms with Gasteiger partial charge in [0.2, 0.25) is 0 Å². The van der Waals surface area contributed by atoms with Gasteiger partial charge in [0, 0.05) is 17.0 Å². The quantitative estimate of drug-likeness (QED) is 0.561. The zero-order valence-electron chi connectivity index (χ0n) is 14.5. The van der Waals surface area contributed by atoms with Crippen molar-refractivity contribution in [3.05, 3.63) is 60.8 Å². The van der Waals surface area contributed by atoms with Crippen LogP contribution in [0.3, 0.4) is 0 Å².